The molecule has 1 amide bonds. The molecule has 0 aromatic carbocycles. The summed E-state index contributed by atoms with van der Waals surface area (Å²) in [7, 11) is 0. The van der Waals surface area contributed by atoms with Crippen LogP contribution in [0.1, 0.15) is 35.2 Å². The van der Waals surface area contributed by atoms with E-state index in [1.165, 1.54) is 0 Å². The molecule has 1 aliphatic heterocycles. The van der Waals surface area contributed by atoms with Crippen molar-refractivity contribution in [1.29, 1.82) is 0 Å². The van der Waals surface area contributed by atoms with Crippen molar-refractivity contribution in [3.05, 3.63) is 39.9 Å². The molecule has 1 saturated heterocycles. The first-order chi connectivity index (χ1) is 9.24. The van der Waals surface area contributed by atoms with E-state index in [1.807, 2.05) is 35.4 Å². The molecule has 1 aliphatic rings. The first-order valence-electron chi connectivity index (χ1n) is 6.49. The van der Waals surface area contributed by atoms with Gasteiger partial charge in [-0.2, -0.15) is 0 Å². The van der Waals surface area contributed by atoms with Gasteiger partial charge < -0.3 is 9.42 Å². The fraction of sp³-hybridized carbons (Fsp3) is 0.429. The minimum atomic E-state index is 0.0879. The molecule has 0 bridgehead atoms. The van der Waals surface area contributed by atoms with Crippen molar-refractivity contribution < 1.29 is 9.32 Å². The van der Waals surface area contributed by atoms with Crippen molar-refractivity contribution in [1.82, 2.24) is 10.1 Å². The Morgan fingerprint density at radius 2 is 2.53 bits per heavy atom. The number of nitrogens with zero attached hydrogens (tertiary/aromatic N) is 2. The standard InChI is InChI=1S/C14H16N2O2S/c1-10-8-12(15-18-10)13-5-2-6-16(13)14(17)9-11-4-3-7-19-11/h3-4,7-8,13H,2,5-6,9H2,1H3/t13-/m0/s1. The summed E-state index contributed by atoms with van der Waals surface area (Å²) in [6.07, 6.45) is 2.50. The van der Waals surface area contributed by atoms with E-state index in [0.29, 0.717) is 6.42 Å². The molecule has 0 saturated carbocycles. The maximum absolute atomic E-state index is 12.4. The van der Waals surface area contributed by atoms with Gasteiger partial charge in [0, 0.05) is 17.5 Å². The fourth-order valence-corrected chi connectivity index (χ4v) is 3.28. The maximum Gasteiger partial charge on any atom is 0.228 e. The first-order valence-corrected chi connectivity index (χ1v) is 7.37. The topological polar surface area (TPSA) is 46.3 Å². The second-order valence-electron chi connectivity index (χ2n) is 4.86. The lowest BCUT2D eigenvalue weighted by Gasteiger charge is -2.22. The number of amides is 1. The molecule has 100 valence electrons. The van der Waals surface area contributed by atoms with Gasteiger partial charge in [0.05, 0.1) is 12.5 Å². The van der Waals surface area contributed by atoms with E-state index in [1.54, 1.807) is 11.3 Å². The molecule has 4 nitrogen and oxygen atoms in total. The SMILES string of the molecule is Cc1cc([C@@H]2CCCN2C(=O)Cc2cccs2)no1. The minimum Gasteiger partial charge on any atom is -0.361 e. The van der Waals surface area contributed by atoms with Crippen LogP contribution >= 0.6 is 11.3 Å². The molecule has 19 heavy (non-hydrogen) atoms. The monoisotopic (exact) mass is 276 g/mol. The van der Waals surface area contributed by atoms with Crippen molar-refractivity contribution >= 4 is 17.2 Å². The molecular formula is C14H16N2O2S. The smallest absolute Gasteiger partial charge is 0.228 e. The van der Waals surface area contributed by atoms with Crippen molar-refractivity contribution in [3.8, 4) is 0 Å². The van der Waals surface area contributed by atoms with Crippen LogP contribution < -0.4 is 0 Å². The van der Waals surface area contributed by atoms with Crippen molar-refractivity contribution in [3.63, 3.8) is 0 Å². The van der Waals surface area contributed by atoms with Gasteiger partial charge >= 0.3 is 0 Å². The van der Waals surface area contributed by atoms with E-state index >= 15 is 0 Å². The minimum absolute atomic E-state index is 0.0879. The van der Waals surface area contributed by atoms with Gasteiger partial charge in [-0.25, -0.2) is 0 Å². The summed E-state index contributed by atoms with van der Waals surface area (Å²) >= 11 is 1.63. The lowest BCUT2D eigenvalue weighted by atomic mass is 10.1. The summed E-state index contributed by atoms with van der Waals surface area (Å²) in [5.74, 6) is 0.984. The molecule has 0 aliphatic carbocycles. The van der Waals surface area contributed by atoms with E-state index in [2.05, 4.69) is 5.16 Å². The van der Waals surface area contributed by atoms with Crippen molar-refractivity contribution in [2.45, 2.75) is 32.2 Å². The van der Waals surface area contributed by atoms with Gasteiger partial charge in [0.2, 0.25) is 5.91 Å². The van der Waals surface area contributed by atoms with Crippen molar-refractivity contribution in [2.75, 3.05) is 6.54 Å². The van der Waals surface area contributed by atoms with E-state index in [-0.39, 0.29) is 11.9 Å². The largest absolute Gasteiger partial charge is 0.361 e. The lowest BCUT2D eigenvalue weighted by Crippen LogP contribution is -2.31. The lowest BCUT2D eigenvalue weighted by molar-refractivity contribution is -0.131. The summed E-state index contributed by atoms with van der Waals surface area (Å²) < 4.78 is 5.12. The van der Waals surface area contributed by atoms with Crippen LogP contribution in [-0.2, 0) is 11.2 Å². The first kappa shape index (κ1) is 12.4. The van der Waals surface area contributed by atoms with Crippen LogP contribution in [0.4, 0.5) is 0 Å². The highest BCUT2D eigenvalue weighted by Gasteiger charge is 2.31. The molecule has 0 radical (unpaired) electrons. The van der Waals surface area contributed by atoms with Crippen LogP contribution in [0.2, 0.25) is 0 Å². The summed E-state index contributed by atoms with van der Waals surface area (Å²) in [5.41, 5.74) is 0.884. The Morgan fingerprint density at radius 1 is 1.63 bits per heavy atom. The van der Waals surface area contributed by atoms with Crippen LogP contribution in [0.5, 0.6) is 0 Å². The Hall–Kier alpha value is -1.62. The average Bonchev–Trinajstić information content (AvgIpc) is 3.07. The highest BCUT2D eigenvalue weighted by atomic mass is 32.1. The number of hydrogen-bond donors (Lipinski definition) is 0. The van der Waals surface area contributed by atoms with Gasteiger partial charge in [0.25, 0.3) is 0 Å². The van der Waals surface area contributed by atoms with Gasteiger partial charge in [-0.15, -0.1) is 11.3 Å². The summed E-state index contributed by atoms with van der Waals surface area (Å²) in [4.78, 5) is 15.4. The molecule has 2 aromatic heterocycles. The highest BCUT2D eigenvalue weighted by Crippen LogP contribution is 2.32. The number of likely N-dealkylation sites (tertiary alicyclic amines) is 1. The Labute approximate surface area is 116 Å². The van der Waals surface area contributed by atoms with E-state index in [4.69, 9.17) is 4.52 Å². The molecule has 1 fully saturated rings. The van der Waals surface area contributed by atoms with E-state index in [9.17, 15) is 4.79 Å². The van der Waals surface area contributed by atoms with Crippen LogP contribution in [0.3, 0.4) is 0 Å². The molecule has 3 heterocycles. The van der Waals surface area contributed by atoms with Crippen molar-refractivity contribution in [2.24, 2.45) is 0 Å². The zero-order valence-corrected chi connectivity index (χ0v) is 11.7. The van der Waals surface area contributed by atoms with E-state index < -0.39 is 0 Å². The number of rotatable bonds is 3. The summed E-state index contributed by atoms with van der Waals surface area (Å²) in [5, 5.41) is 6.07. The van der Waals surface area contributed by atoms with Gasteiger partial charge in [-0.3, -0.25) is 4.79 Å². The van der Waals surface area contributed by atoms with Crippen LogP contribution in [0, 0.1) is 6.92 Å². The van der Waals surface area contributed by atoms with Crippen LogP contribution in [0.25, 0.3) is 0 Å². The molecule has 1 atom stereocenters. The normalized spacial score (nSPS) is 19.0. The molecule has 0 N–H and O–H groups in total. The van der Waals surface area contributed by atoms with Crippen LogP contribution in [-0.4, -0.2) is 22.5 Å². The quantitative estimate of drug-likeness (QED) is 0.866. The zero-order chi connectivity index (χ0) is 13.2. The Morgan fingerprint density at radius 3 is 3.21 bits per heavy atom. The number of hydrogen-bond acceptors (Lipinski definition) is 4. The van der Waals surface area contributed by atoms with Crippen LogP contribution in [0.15, 0.2) is 28.1 Å². The zero-order valence-electron chi connectivity index (χ0n) is 10.8. The maximum atomic E-state index is 12.4. The van der Waals surface area contributed by atoms with E-state index in [0.717, 1.165) is 35.7 Å². The molecular weight excluding hydrogens is 260 g/mol. The second kappa shape index (κ2) is 5.17. The highest BCUT2D eigenvalue weighted by molar-refractivity contribution is 7.10. The Balaban J connectivity index is 1.74. The number of carbonyl (C=O) groups excluding carboxylic acids is 1. The predicted molar refractivity (Wildman–Crippen MR) is 73.0 cm³/mol. The Kier molecular flexibility index (Phi) is 3.38. The molecule has 0 unspecified atom stereocenters. The van der Waals surface area contributed by atoms with Gasteiger partial charge in [-0.05, 0) is 31.2 Å². The average molecular weight is 276 g/mol. The number of aromatic nitrogens is 1. The number of aryl methyl sites for hydroxylation is 1. The van der Waals surface area contributed by atoms with Gasteiger partial charge in [0.1, 0.15) is 11.5 Å². The summed E-state index contributed by atoms with van der Waals surface area (Å²) in [6.45, 7) is 2.70. The summed E-state index contributed by atoms with van der Waals surface area (Å²) in [6, 6.07) is 6.01. The molecule has 0 spiro atoms. The third-order valence-electron chi connectivity index (χ3n) is 3.47. The predicted octanol–water partition coefficient (Wildman–Crippen LogP) is 2.95. The third-order valence-corrected chi connectivity index (χ3v) is 4.34. The number of thiophene rings is 1. The Bertz CT molecular complexity index is 562. The molecule has 3 rings (SSSR count). The van der Waals surface area contributed by atoms with Gasteiger partial charge in [0.15, 0.2) is 0 Å². The third kappa shape index (κ3) is 2.56. The number of carbonyl (C=O) groups is 1. The van der Waals surface area contributed by atoms with Gasteiger partial charge in [-0.1, -0.05) is 11.2 Å². The second-order valence-corrected chi connectivity index (χ2v) is 5.90. The fourth-order valence-electron chi connectivity index (χ4n) is 2.58. The molecule has 2 aromatic rings. The molecule has 5 heteroatoms.